The first-order chi connectivity index (χ1) is 13.3. The van der Waals surface area contributed by atoms with Crippen molar-refractivity contribution < 1.29 is 19.4 Å². The van der Waals surface area contributed by atoms with E-state index < -0.39 is 11.8 Å². The molecule has 0 radical (unpaired) electrons. The second-order valence-corrected chi connectivity index (χ2v) is 7.35. The number of carbonyl (C=O) groups is 2. The van der Waals surface area contributed by atoms with E-state index in [1.807, 2.05) is 13.0 Å². The molecule has 0 saturated carbocycles. The first-order valence-electron chi connectivity index (χ1n) is 8.45. The van der Waals surface area contributed by atoms with Crippen molar-refractivity contribution in [3.8, 4) is 11.5 Å². The van der Waals surface area contributed by atoms with Gasteiger partial charge < -0.3 is 9.84 Å². The normalized spacial score (nSPS) is 15.8. The first kappa shape index (κ1) is 20.0. The van der Waals surface area contributed by atoms with Gasteiger partial charge in [-0.1, -0.05) is 22.0 Å². The van der Waals surface area contributed by atoms with E-state index in [9.17, 15) is 14.7 Å². The molecular formula is C20H17BrN2O4S. The molecule has 0 bridgehead atoms. The lowest BCUT2D eigenvalue weighted by Gasteiger charge is -2.30. The summed E-state index contributed by atoms with van der Waals surface area (Å²) >= 11 is 8.62. The van der Waals surface area contributed by atoms with Crippen molar-refractivity contribution in [2.24, 2.45) is 0 Å². The molecule has 0 aromatic heterocycles. The molecule has 144 valence electrons. The molecular weight excluding hydrogens is 444 g/mol. The monoisotopic (exact) mass is 460 g/mol. The van der Waals surface area contributed by atoms with E-state index in [0.717, 1.165) is 10.0 Å². The molecule has 2 N–H and O–H groups in total. The molecule has 8 heteroatoms. The van der Waals surface area contributed by atoms with Crippen molar-refractivity contribution in [2.45, 2.75) is 13.8 Å². The fraction of sp³-hybridized carbons (Fsp3) is 0.150. The summed E-state index contributed by atoms with van der Waals surface area (Å²) in [5.41, 5.74) is 1.89. The fourth-order valence-electron chi connectivity index (χ4n) is 2.80. The van der Waals surface area contributed by atoms with Crippen LogP contribution in [-0.2, 0) is 9.59 Å². The van der Waals surface area contributed by atoms with Crippen molar-refractivity contribution >= 4 is 56.8 Å². The third-order valence-corrected chi connectivity index (χ3v) is 4.87. The van der Waals surface area contributed by atoms with Crippen molar-refractivity contribution in [1.82, 2.24) is 5.32 Å². The Hall–Kier alpha value is -2.71. The molecule has 6 nitrogen and oxygen atoms in total. The number of hydrogen-bond donors (Lipinski definition) is 2. The van der Waals surface area contributed by atoms with E-state index in [4.69, 9.17) is 17.0 Å². The van der Waals surface area contributed by atoms with Gasteiger partial charge >= 0.3 is 0 Å². The molecule has 0 aliphatic carbocycles. The Morgan fingerprint density at radius 1 is 1.25 bits per heavy atom. The number of anilines is 1. The second-order valence-electron chi connectivity index (χ2n) is 6.05. The Kier molecular flexibility index (Phi) is 5.81. The van der Waals surface area contributed by atoms with E-state index in [0.29, 0.717) is 17.9 Å². The van der Waals surface area contributed by atoms with Crippen LogP contribution in [0.1, 0.15) is 18.1 Å². The van der Waals surface area contributed by atoms with Gasteiger partial charge in [0.05, 0.1) is 12.3 Å². The largest absolute Gasteiger partial charge is 0.504 e. The summed E-state index contributed by atoms with van der Waals surface area (Å²) < 4.78 is 6.23. The number of ether oxygens (including phenoxy) is 1. The van der Waals surface area contributed by atoms with Gasteiger partial charge in [0.25, 0.3) is 11.8 Å². The van der Waals surface area contributed by atoms with Gasteiger partial charge in [0.15, 0.2) is 16.6 Å². The number of nitrogens with one attached hydrogen (secondary N) is 1. The van der Waals surface area contributed by atoms with Crippen LogP contribution >= 0.6 is 28.1 Å². The molecule has 3 rings (SSSR count). The number of benzene rings is 2. The highest BCUT2D eigenvalue weighted by Gasteiger charge is 2.35. The fourth-order valence-corrected chi connectivity index (χ4v) is 3.55. The smallest absolute Gasteiger partial charge is 0.270 e. The van der Waals surface area contributed by atoms with Crippen molar-refractivity contribution in [3.63, 3.8) is 0 Å². The summed E-state index contributed by atoms with van der Waals surface area (Å²) in [6, 6.07) is 10.0. The highest BCUT2D eigenvalue weighted by atomic mass is 79.9. The number of hydrogen-bond acceptors (Lipinski definition) is 5. The first-order valence-corrected chi connectivity index (χ1v) is 9.65. The lowest BCUT2D eigenvalue weighted by atomic mass is 10.1. The topological polar surface area (TPSA) is 78.9 Å². The standard InChI is InChI=1S/C20H17BrN2O4S/c1-3-27-17-10-12(4-7-16(17)24)9-14-18(25)22-20(28)23(19(14)26)15-6-5-13(21)8-11(15)2/h4-10,24H,3H2,1-2H3,(H,22,25,28)/b14-9+. The molecule has 1 saturated heterocycles. The van der Waals surface area contributed by atoms with Crippen LogP contribution < -0.4 is 15.0 Å². The highest BCUT2D eigenvalue weighted by Crippen LogP contribution is 2.30. The number of rotatable bonds is 4. The zero-order chi connectivity index (χ0) is 20.4. The minimum absolute atomic E-state index is 0.0169. The van der Waals surface area contributed by atoms with Crippen LogP contribution in [0.15, 0.2) is 46.4 Å². The summed E-state index contributed by atoms with van der Waals surface area (Å²) in [5, 5.41) is 12.4. The van der Waals surface area contributed by atoms with Gasteiger partial charge in [-0.3, -0.25) is 19.8 Å². The van der Waals surface area contributed by atoms with Crippen molar-refractivity contribution in [2.75, 3.05) is 11.5 Å². The van der Waals surface area contributed by atoms with E-state index in [-0.39, 0.29) is 22.2 Å². The van der Waals surface area contributed by atoms with Crippen LogP contribution in [0.4, 0.5) is 5.69 Å². The van der Waals surface area contributed by atoms with Crippen molar-refractivity contribution in [3.05, 3.63) is 57.6 Å². The quantitative estimate of drug-likeness (QED) is 0.413. The van der Waals surface area contributed by atoms with E-state index in [2.05, 4.69) is 21.2 Å². The predicted molar refractivity (Wildman–Crippen MR) is 114 cm³/mol. The molecule has 1 heterocycles. The van der Waals surface area contributed by atoms with Gasteiger partial charge in [-0.15, -0.1) is 0 Å². The number of thiocarbonyl (C=S) groups is 1. The van der Waals surface area contributed by atoms with E-state index >= 15 is 0 Å². The molecule has 0 spiro atoms. The SMILES string of the molecule is CCOc1cc(/C=C2\C(=O)NC(=S)N(c3ccc(Br)cc3C)C2=O)ccc1O. The van der Waals surface area contributed by atoms with Crippen LogP contribution in [0.2, 0.25) is 0 Å². The summed E-state index contributed by atoms with van der Waals surface area (Å²) in [7, 11) is 0. The Morgan fingerprint density at radius 3 is 2.68 bits per heavy atom. The van der Waals surface area contributed by atoms with Gasteiger partial charge in [-0.2, -0.15) is 0 Å². The number of aromatic hydroxyl groups is 1. The molecule has 2 aromatic carbocycles. The number of carbonyl (C=O) groups excluding carboxylic acids is 2. The van der Waals surface area contributed by atoms with Crippen LogP contribution in [0.3, 0.4) is 0 Å². The van der Waals surface area contributed by atoms with Crippen LogP contribution in [-0.4, -0.2) is 28.6 Å². The summed E-state index contributed by atoms with van der Waals surface area (Å²) in [4.78, 5) is 26.8. The summed E-state index contributed by atoms with van der Waals surface area (Å²) in [6.45, 7) is 4.02. The summed E-state index contributed by atoms with van der Waals surface area (Å²) in [5.74, 6) is -0.842. The molecule has 2 amide bonds. The summed E-state index contributed by atoms with van der Waals surface area (Å²) in [6.07, 6.45) is 1.45. The van der Waals surface area contributed by atoms with Crippen LogP contribution in [0.5, 0.6) is 11.5 Å². The lowest BCUT2D eigenvalue weighted by molar-refractivity contribution is -0.122. The molecule has 1 aliphatic rings. The lowest BCUT2D eigenvalue weighted by Crippen LogP contribution is -2.54. The maximum Gasteiger partial charge on any atom is 0.270 e. The molecule has 1 aliphatic heterocycles. The average Bonchev–Trinajstić information content (AvgIpc) is 2.63. The molecule has 28 heavy (non-hydrogen) atoms. The minimum atomic E-state index is -0.577. The number of amides is 2. The van der Waals surface area contributed by atoms with Crippen LogP contribution in [0, 0.1) is 6.92 Å². The number of phenolic OH excluding ortho intramolecular Hbond substituents is 1. The third kappa shape index (κ3) is 3.93. The van der Waals surface area contributed by atoms with Gasteiger partial charge in [-0.25, -0.2) is 0 Å². The molecule has 2 aromatic rings. The van der Waals surface area contributed by atoms with Gasteiger partial charge in [0, 0.05) is 4.47 Å². The molecule has 1 fully saturated rings. The minimum Gasteiger partial charge on any atom is -0.504 e. The van der Waals surface area contributed by atoms with Crippen LogP contribution in [0.25, 0.3) is 6.08 Å². The van der Waals surface area contributed by atoms with E-state index in [1.165, 1.54) is 17.0 Å². The number of halogens is 1. The maximum atomic E-state index is 13.1. The van der Waals surface area contributed by atoms with Gasteiger partial charge in [-0.05, 0) is 73.6 Å². The number of aryl methyl sites for hydroxylation is 1. The second kappa shape index (κ2) is 8.12. The predicted octanol–water partition coefficient (Wildman–Crippen LogP) is 3.69. The zero-order valence-corrected chi connectivity index (χ0v) is 17.6. The van der Waals surface area contributed by atoms with E-state index in [1.54, 1.807) is 31.2 Å². The average molecular weight is 461 g/mol. The Bertz CT molecular complexity index is 1020. The maximum absolute atomic E-state index is 13.1. The Labute approximate surface area is 175 Å². The third-order valence-electron chi connectivity index (χ3n) is 4.10. The zero-order valence-electron chi connectivity index (χ0n) is 15.2. The van der Waals surface area contributed by atoms with Gasteiger partial charge in [0.2, 0.25) is 0 Å². The molecule has 0 atom stereocenters. The Balaban J connectivity index is 2.02. The Morgan fingerprint density at radius 2 is 2.00 bits per heavy atom. The number of nitrogens with zero attached hydrogens (tertiary/aromatic N) is 1. The van der Waals surface area contributed by atoms with Crippen molar-refractivity contribution in [1.29, 1.82) is 0 Å². The molecule has 0 unspecified atom stereocenters. The van der Waals surface area contributed by atoms with Gasteiger partial charge in [0.1, 0.15) is 5.57 Å². The highest BCUT2D eigenvalue weighted by molar-refractivity contribution is 9.10. The number of phenols is 1.